The van der Waals surface area contributed by atoms with E-state index in [0.717, 1.165) is 35.7 Å². The third kappa shape index (κ3) is 2.47. The third-order valence-electron chi connectivity index (χ3n) is 3.59. The molecule has 0 radical (unpaired) electrons. The summed E-state index contributed by atoms with van der Waals surface area (Å²) in [6.45, 7) is 6.02. The van der Waals surface area contributed by atoms with Gasteiger partial charge in [0.2, 0.25) is 0 Å². The molecule has 2 heterocycles. The highest BCUT2D eigenvalue weighted by atomic mass is 35.5. The summed E-state index contributed by atoms with van der Waals surface area (Å²) in [5, 5.41) is 4.99. The Balaban J connectivity index is 2.23. The number of aromatic nitrogens is 3. The number of anilines is 1. The van der Waals surface area contributed by atoms with Gasteiger partial charge in [-0.25, -0.2) is 4.98 Å². The Bertz CT molecular complexity index is 748. The summed E-state index contributed by atoms with van der Waals surface area (Å²) >= 11 is 6.22. The number of rotatable bonds is 4. The van der Waals surface area contributed by atoms with Gasteiger partial charge in [0.05, 0.1) is 6.20 Å². The zero-order valence-electron chi connectivity index (χ0n) is 12.1. The highest BCUT2D eigenvalue weighted by molar-refractivity contribution is 6.29. The van der Waals surface area contributed by atoms with E-state index in [9.17, 15) is 0 Å². The number of benzene rings is 1. The van der Waals surface area contributed by atoms with Crippen molar-refractivity contribution in [1.82, 2.24) is 14.6 Å². The van der Waals surface area contributed by atoms with E-state index in [0.29, 0.717) is 5.15 Å². The number of nitrogens with zero attached hydrogens (tertiary/aromatic N) is 4. The molecule has 0 aliphatic heterocycles. The number of hydrogen-bond donors (Lipinski definition) is 0. The van der Waals surface area contributed by atoms with Crippen LogP contribution in [-0.4, -0.2) is 27.7 Å². The van der Waals surface area contributed by atoms with E-state index in [-0.39, 0.29) is 0 Å². The highest BCUT2D eigenvalue weighted by Gasteiger charge is 2.15. The molecular weight excluding hydrogens is 284 g/mol. The van der Waals surface area contributed by atoms with Gasteiger partial charge in [0, 0.05) is 24.7 Å². The Labute approximate surface area is 129 Å². The summed E-state index contributed by atoms with van der Waals surface area (Å²) in [6.07, 6.45) is 1.85. The molecule has 21 heavy (non-hydrogen) atoms. The van der Waals surface area contributed by atoms with Gasteiger partial charge in [0.15, 0.2) is 5.65 Å². The zero-order chi connectivity index (χ0) is 14.8. The van der Waals surface area contributed by atoms with Crippen molar-refractivity contribution in [3.63, 3.8) is 0 Å². The Morgan fingerprint density at radius 2 is 1.86 bits per heavy atom. The molecule has 0 saturated heterocycles. The van der Waals surface area contributed by atoms with Crippen molar-refractivity contribution in [3.8, 4) is 11.1 Å². The maximum absolute atomic E-state index is 6.22. The van der Waals surface area contributed by atoms with Crippen LogP contribution in [-0.2, 0) is 0 Å². The van der Waals surface area contributed by atoms with Crippen molar-refractivity contribution >= 4 is 23.1 Å². The van der Waals surface area contributed by atoms with Crippen LogP contribution >= 0.6 is 11.6 Å². The van der Waals surface area contributed by atoms with E-state index in [1.165, 1.54) is 0 Å². The van der Waals surface area contributed by atoms with Crippen molar-refractivity contribution in [2.24, 2.45) is 0 Å². The fourth-order valence-corrected chi connectivity index (χ4v) is 2.69. The van der Waals surface area contributed by atoms with Gasteiger partial charge in [-0.3, -0.25) is 0 Å². The van der Waals surface area contributed by atoms with Crippen molar-refractivity contribution in [2.45, 2.75) is 13.8 Å². The molecule has 0 fully saturated rings. The predicted molar refractivity (Wildman–Crippen MR) is 87.0 cm³/mol. The highest BCUT2D eigenvalue weighted by Crippen LogP contribution is 2.28. The molecule has 0 atom stereocenters. The van der Waals surface area contributed by atoms with Crippen LogP contribution in [0.3, 0.4) is 0 Å². The number of fused-ring (bicyclic) bond motifs is 1. The molecule has 3 aromatic rings. The van der Waals surface area contributed by atoms with Crippen molar-refractivity contribution < 1.29 is 0 Å². The minimum Gasteiger partial charge on any atom is -0.357 e. The van der Waals surface area contributed by atoms with Crippen molar-refractivity contribution in [2.75, 3.05) is 18.0 Å². The van der Waals surface area contributed by atoms with Crippen LogP contribution in [0.5, 0.6) is 0 Å². The average Bonchev–Trinajstić information content (AvgIpc) is 2.93. The van der Waals surface area contributed by atoms with E-state index < -0.39 is 0 Å². The molecule has 0 aliphatic rings. The van der Waals surface area contributed by atoms with Crippen LogP contribution in [0.2, 0.25) is 5.15 Å². The van der Waals surface area contributed by atoms with E-state index in [1.807, 2.05) is 35.0 Å². The molecule has 0 aliphatic carbocycles. The van der Waals surface area contributed by atoms with Crippen LogP contribution in [0.4, 0.5) is 5.82 Å². The predicted octanol–water partition coefficient (Wildman–Crippen LogP) is 3.90. The van der Waals surface area contributed by atoms with Gasteiger partial charge < -0.3 is 4.90 Å². The first-order valence-electron chi connectivity index (χ1n) is 7.09. The van der Waals surface area contributed by atoms with E-state index in [4.69, 9.17) is 11.6 Å². The normalized spacial score (nSPS) is 11.0. The summed E-state index contributed by atoms with van der Waals surface area (Å²) in [5.74, 6) is 0.970. The van der Waals surface area contributed by atoms with Crippen LogP contribution in [0.15, 0.2) is 42.6 Å². The Morgan fingerprint density at radius 1 is 1.14 bits per heavy atom. The number of hydrogen-bond acceptors (Lipinski definition) is 3. The quantitative estimate of drug-likeness (QED) is 0.685. The molecule has 0 bridgehead atoms. The van der Waals surface area contributed by atoms with Gasteiger partial charge in [0.1, 0.15) is 11.0 Å². The lowest BCUT2D eigenvalue weighted by Gasteiger charge is -2.21. The smallest absolute Gasteiger partial charge is 0.166 e. The first-order valence-corrected chi connectivity index (χ1v) is 7.47. The molecular formula is C16H17ClN4. The van der Waals surface area contributed by atoms with E-state index in [1.54, 1.807) is 0 Å². The molecule has 0 unspecified atom stereocenters. The summed E-state index contributed by atoms with van der Waals surface area (Å²) in [6, 6.07) is 12.0. The molecule has 4 nitrogen and oxygen atoms in total. The molecule has 0 spiro atoms. The number of halogens is 1. The summed E-state index contributed by atoms with van der Waals surface area (Å²) in [5.41, 5.74) is 2.87. The summed E-state index contributed by atoms with van der Waals surface area (Å²) in [7, 11) is 0. The molecule has 5 heteroatoms. The van der Waals surface area contributed by atoms with Gasteiger partial charge in [-0.15, -0.1) is 0 Å². The van der Waals surface area contributed by atoms with Crippen LogP contribution in [0, 0.1) is 0 Å². The summed E-state index contributed by atoms with van der Waals surface area (Å²) in [4.78, 5) is 6.67. The minimum atomic E-state index is 0.488. The lowest BCUT2D eigenvalue weighted by Crippen LogP contribution is -2.24. The third-order valence-corrected chi connectivity index (χ3v) is 3.79. The molecule has 108 valence electrons. The zero-order valence-corrected chi connectivity index (χ0v) is 12.9. The molecule has 1 aromatic carbocycles. The second-order valence-corrected chi connectivity index (χ2v) is 5.16. The van der Waals surface area contributed by atoms with Crippen LogP contribution in [0.1, 0.15) is 13.8 Å². The van der Waals surface area contributed by atoms with Crippen LogP contribution < -0.4 is 4.90 Å². The standard InChI is InChI=1S/C16H17ClN4/c1-3-20(4-2)15-10-14(17)19-16-13(11-18-21(15)16)12-8-6-5-7-9-12/h5-11H,3-4H2,1-2H3. The Hall–Kier alpha value is -2.07. The molecule has 0 amide bonds. The lowest BCUT2D eigenvalue weighted by molar-refractivity contribution is 0.800. The van der Waals surface area contributed by atoms with Crippen molar-refractivity contribution in [1.29, 1.82) is 0 Å². The average molecular weight is 301 g/mol. The fraction of sp³-hybridized carbons (Fsp3) is 0.250. The van der Waals surface area contributed by atoms with Crippen molar-refractivity contribution in [3.05, 3.63) is 47.7 Å². The summed E-state index contributed by atoms with van der Waals surface area (Å²) < 4.78 is 1.86. The van der Waals surface area contributed by atoms with Gasteiger partial charge in [-0.1, -0.05) is 41.9 Å². The first-order chi connectivity index (χ1) is 10.2. The Kier molecular flexibility index (Phi) is 3.80. The molecule has 3 rings (SSSR count). The lowest BCUT2D eigenvalue weighted by atomic mass is 10.1. The maximum atomic E-state index is 6.22. The Morgan fingerprint density at radius 3 is 2.52 bits per heavy atom. The van der Waals surface area contributed by atoms with Gasteiger partial charge in [-0.05, 0) is 19.4 Å². The van der Waals surface area contributed by atoms with Gasteiger partial charge >= 0.3 is 0 Å². The van der Waals surface area contributed by atoms with Gasteiger partial charge in [0.25, 0.3) is 0 Å². The minimum absolute atomic E-state index is 0.488. The molecule has 2 aromatic heterocycles. The second kappa shape index (κ2) is 5.74. The topological polar surface area (TPSA) is 33.4 Å². The monoisotopic (exact) mass is 300 g/mol. The SMILES string of the molecule is CCN(CC)c1cc(Cl)nc2c(-c3ccccc3)cnn12. The largest absolute Gasteiger partial charge is 0.357 e. The maximum Gasteiger partial charge on any atom is 0.166 e. The fourth-order valence-electron chi connectivity index (χ4n) is 2.51. The van der Waals surface area contributed by atoms with E-state index in [2.05, 4.69) is 41.0 Å². The van der Waals surface area contributed by atoms with Gasteiger partial charge in [-0.2, -0.15) is 9.61 Å². The molecule has 0 N–H and O–H groups in total. The first kappa shape index (κ1) is 13.9. The second-order valence-electron chi connectivity index (χ2n) is 4.77. The molecule has 0 saturated carbocycles. The van der Waals surface area contributed by atoms with E-state index >= 15 is 0 Å². The van der Waals surface area contributed by atoms with Crippen LogP contribution in [0.25, 0.3) is 16.8 Å².